The van der Waals surface area contributed by atoms with E-state index in [0.717, 1.165) is 4.90 Å². The summed E-state index contributed by atoms with van der Waals surface area (Å²) in [5.41, 5.74) is 2.51. The van der Waals surface area contributed by atoms with E-state index in [1.165, 1.54) is 18.8 Å². The molecule has 2 aliphatic heterocycles. The zero-order chi connectivity index (χ0) is 12.5. The van der Waals surface area contributed by atoms with Gasteiger partial charge >= 0.3 is 6.18 Å². The van der Waals surface area contributed by atoms with E-state index in [-0.39, 0.29) is 18.3 Å². The monoisotopic (exact) mass is 270 g/mol. The molecular weight excluding hydrogens is 261 g/mol. The second-order valence-electron chi connectivity index (χ2n) is 3.25. The maximum atomic E-state index is 12.4. The highest BCUT2D eigenvalue weighted by atomic mass is 32.2. The van der Waals surface area contributed by atoms with Crippen molar-refractivity contribution in [2.24, 2.45) is 10.1 Å². The van der Waals surface area contributed by atoms with Crippen molar-refractivity contribution in [3.8, 4) is 0 Å². The smallest absolute Gasteiger partial charge is 0.359 e. The van der Waals surface area contributed by atoms with E-state index < -0.39 is 12.4 Å². The molecule has 1 unspecified atom stereocenters. The van der Waals surface area contributed by atoms with Gasteiger partial charge in [-0.1, -0.05) is 16.9 Å². The summed E-state index contributed by atoms with van der Waals surface area (Å²) < 4.78 is 37.3. The maximum absolute atomic E-state index is 12.4. The van der Waals surface area contributed by atoms with Crippen LogP contribution >= 0.6 is 11.8 Å². The molecular formula is C7H9F3N4O2S. The summed E-state index contributed by atoms with van der Waals surface area (Å²) in [4.78, 5) is 13.9. The van der Waals surface area contributed by atoms with Gasteiger partial charge in [0.1, 0.15) is 0 Å². The van der Waals surface area contributed by atoms with Crippen LogP contribution in [0.25, 0.3) is 0 Å². The van der Waals surface area contributed by atoms with Crippen LogP contribution < -0.4 is 5.48 Å². The van der Waals surface area contributed by atoms with E-state index in [0.29, 0.717) is 5.17 Å². The number of aliphatic imine (C=N–C) groups is 1. The van der Waals surface area contributed by atoms with Gasteiger partial charge in [0.25, 0.3) is 6.23 Å². The zero-order valence-electron chi connectivity index (χ0n) is 8.69. The Morgan fingerprint density at radius 1 is 1.59 bits per heavy atom. The topological polar surface area (TPSA) is 58.5 Å². The Kier molecular flexibility index (Phi) is 3.33. The quantitative estimate of drug-likeness (QED) is 0.801. The number of oxime groups is 1. The fraction of sp³-hybridized carbons (Fsp3) is 0.714. The molecule has 0 amide bonds. The van der Waals surface area contributed by atoms with Crippen LogP contribution in [-0.2, 0) is 9.68 Å². The number of nitrogens with zero attached hydrogens (tertiary/aromatic N) is 3. The van der Waals surface area contributed by atoms with E-state index in [9.17, 15) is 13.2 Å². The Morgan fingerprint density at radius 2 is 2.35 bits per heavy atom. The zero-order valence-corrected chi connectivity index (χ0v) is 9.51. The fourth-order valence-corrected chi connectivity index (χ4v) is 2.00. The van der Waals surface area contributed by atoms with Crippen LogP contribution in [-0.4, -0.2) is 47.8 Å². The van der Waals surface area contributed by atoms with Crippen LogP contribution in [0.5, 0.6) is 0 Å². The van der Waals surface area contributed by atoms with Crippen molar-refractivity contribution in [2.45, 2.75) is 12.4 Å². The van der Waals surface area contributed by atoms with Crippen LogP contribution in [0.3, 0.4) is 0 Å². The molecule has 0 aromatic carbocycles. The van der Waals surface area contributed by atoms with E-state index in [4.69, 9.17) is 4.84 Å². The minimum absolute atomic E-state index is 0.201. The molecule has 0 aliphatic carbocycles. The molecule has 2 aliphatic rings. The number of alkyl halides is 3. The standard InChI is InChI=1S/C7H9F3N4O2S/c1-14-4(2-17-6-11-3-15-13-6)12-16-5(14)7(8,9)10/h5H,2-3H2,1H3,(H,11,13). The predicted octanol–water partition coefficient (Wildman–Crippen LogP) is 0.732. The number of rotatable bonds is 2. The number of nitrogens with one attached hydrogen (secondary N) is 1. The lowest BCUT2D eigenvalue weighted by molar-refractivity contribution is -0.241. The van der Waals surface area contributed by atoms with Crippen LogP contribution in [0.1, 0.15) is 0 Å². The summed E-state index contributed by atoms with van der Waals surface area (Å²) in [5.74, 6) is 0.423. The number of hydroxylamine groups is 1. The Morgan fingerprint density at radius 3 is 2.88 bits per heavy atom. The van der Waals surface area contributed by atoms with E-state index in [1.54, 1.807) is 0 Å². The van der Waals surface area contributed by atoms with Crippen LogP contribution in [0.4, 0.5) is 13.2 Å². The third kappa shape index (κ3) is 2.75. The van der Waals surface area contributed by atoms with Crippen molar-refractivity contribution >= 4 is 22.8 Å². The molecule has 0 aromatic heterocycles. The van der Waals surface area contributed by atoms with Crippen molar-refractivity contribution in [2.75, 3.05) is 19.5 Å². The van der Waals surface area contributed by atoms with Gasteiger partial charge in [-0.25, -0.2) is 10.5 Å². The molecule has 2 rings (SSSR count). The van der Waals surface area contributed by atoms with Gasteiger partial charge in [0.15, 0.2) is 17.7 Å². The first kappa shape index (κ1) is 12.3. The second kappa shape index (κ2) is 4.61. The third-order valence-corrected chi connectivity index (χ3v) is 2.96. The molecule has 17 heavy (non-hydrogen) atoms. The lowest BCUT2D eigenvalue weighted by atomic mass is 10.4. The number of thioether (sulfide) groups is 1. The normalized spacial score (nSPS) is 24.2. The average molecular weight is 270 g/mol. The second-order valence-corrected chi connectivity index (χ2v) is 4.21. The SMILES string of the molecule is CN1C(CSC2=NCON2)=NOC1C(F)(F)F. The number of hydrogen-bond acceptors (Lipinski definition) is 7. The van der Waals surface area contributed by atoms with Crippen molar-refractivity contribution < 1.29 is 22.8 Å². The van der Waals surface area contributed by atoms with E-state index >= 15 is 0 Å². The first-order chi connectivity index (χ1) is 7.98. The largest absolute Gasteiger partial charge is 0.448 e. The summed E-state index contributed by atoms with van der Waals surface area (Å²) in [7, 11) is 1.28. The first-order valence-corrected chi connectivity index (χ1v) is 5.54. The highest BCUT2D eigenvalue weighted by Crippen LogP contribution is 2.29. The van der Waals surface area contributed by atoms with Crippen LogP contribution in [0.2, 0.25) is 0 Å². The van der Waals surface area contributed by atoms with Gasteiger partial charge in [-0.05, 0) is 0 Å². The highest BCUT2D eigenvalue weighted by Gasteiger charge is 2.49. The van der Waals surface area contributed by atoms with Gasteiger partial charge in [-0.3, -0.25) is 4.84 Å². The minimum atomic E-state index is -4.46. The molecule has 1 N–H and O–H groups in total. The summed E-state index contributed by atoms with van der Waals surface area (Å²) >= 11 is 1.19. The van der Waals surface area contributed by atoms with Gasteiger partial charge < -0.3 is 9.74 Å². The van der Waals surface area contributed by atoms with Crippen LogP contribution in [0, 0.1) is 0 Å². The van der Waals surface area contributed by atoms with Gasteiger partial charge in [0.2, 0.25) is 0 Å². The summed E-state index contributed by atoms with van der Waals surface area (Å²) in [6.45, 7) is 0.201. The highest BCUT2D eigenvalue weighted by molar-refractivity contribution is 8.14. The maximum Gasteiger partial charge on any atom is 0.448 e. The number of amidine groups is 2. The lowest BCUT2D eigenvalue weighted by Crippen LogP contribution is -2.43. The predicted molar refractivity (Wildman–Crippen MR) is 55.1 cm³/mol. The molecule has 10 heteroatoms. The van der Waals surface area contributed by atoms with Gasteiger partial charge in [-0.15, -0.1) is 0 Å². The molecule has 96 valence electrons. The Hall–Kier alpha value is -1.16. The minimum Gasteiger partial charge on any atom is -0.359 e. The van der Waals surface area contributed by atoms with Crippen LogP contribution in [0.15, 0.2) is 10.1 Å². The van der Waals surface area contributed by atoms with E-state index in [2.05, 4.69) is 20.5 Å². The van der Waals surface area contributed by atoms with Gasteiger partial charge in [0.05, 0.1) is 5.75 Å². The van der Waals surface area contributed by atoms with Crippen molar-refractivity contribution in [3.05, 3.63) is 0 Å². The Bertz CT molecular complexity index is 360. The molecule has 0 aromatic rings. The third-order valence-electron chi connectivity index (χ3n) is 2.07. The first-order valence-electron chi connectivity index (χ1n) is 4.56. The van der Waals surface area contributed by atoms with E-state index in [1.807, 2.05) is 0 Å². The molecule has 1 atom stereocenters. The lowest BCUT2D eigenvalue weighted by Gasteiger charge is -2.21. The molecule has 2 heterocycles. The molecule has 0 bridgehead atoms. The molecule has 0 saturated carbocycles. The van der Waals surface area contributed by atoms with Crippen molar-refractivity contribution in [1.82, 2.24) is 10.4 Å². The number of halogens is 3. The summed E-state index contributed by atoms with van der Waals surface area (Å²) in [6, 6.07) is 0. The van der Waals surface area contributed by atoms with Gasteiger partial charge in [-0.2, -0.15) is 13.2 Å². The van der Waals surface area contributed by atoms with Crippen molar-refractivity contribution in [3.63, 3.8) is 0 Å². The Labute approximate surface area is 98.8 Å². The summed E-state index contributed by atoms with van der Waals surface area (Å²) in [5, 5.41) is 3.91. The fourth-order valence-electron chi connectivity index (χ4n) is 1.21. The molecule has 0 saturated heterocycles. The molecule has 0 spiro atoms. The average Bonchev–Trinajstić information content (AvgIpc) is 2.83. The molecule has 0 radical (unpaired) electrons. The van der Waals surface area contributed by atoms with Gasteiger partial charge in [0, 0.05) is 7.05 Å². The molecule has 0 fully saturated rings. The number of hydrogen-bond donors (Lipinski definition) is 1. The Balaban J connectivity index is 1.87. The summed E-state index contributed by atoms with van der Waals surface area (Å²) in [6.07, 6.45) is -6.47. The molecule has 6 nitrogen and oxygen atoms in total. The van der Waals surface area contributed by atoms with Crippen molar-refractivity contribution in [1.29, 1.82) is 0 Å².